The highest BCUT2D eigenvalue weighted by atomic mass is 79.9. The average molecular weight is 318 g/mol. The van der Waals surface area contributed by atoms with Crippen molar-refractivity contribution < 1.29 is 4.74 Å². The van der Waals surface area contributed by atoms with Gasteiger partial charge >= 0.3 is 0 Å². The fourth-order valence-electron chi connectivity index (χ4n) is 1.93. The van der Waals surface area contributed by atoms with E-state index in [-0.39, 0.29) is 0 Å². The molecule has 5 heteroatoms. The number of nitrogens with one attached hydrogen (secondary N) is 1. The van der Waals surface area contributed by atoms with E-state index in [2.05, 4.69) is 26.1 Å². The number of H-pyrrole nitrogens is 1. The van der Waals surface area contributed by atoms with Gasteiger partial charge in [-0.2, -0.15) is 5.10 Å². The minimum absolute atomic E-state index is 0.434. The van der Waals surface area contributed by atoms with Crippen LogP contribution in [0.4, 0.5) is 5.69 Å². The van der Waals surface area contributed by atoms with Crippen LogP contribution >= 0.6 is 15.9 Å². The molecule has 3 N–H and O–H groups in total. The van der Waals surface area contributed by atoms with E-state index in [0.717, 1.165) is 32.4 Å². The summed E-state index contributed by atoms with van der Waals surface area (Å²) in [5.74, 6) is 0.779. The zero-order valence-corrected chi connectivity index (χ0v) is 11.6. The summed E-state index contributed by atoms with van der Waals surface area (Å²) in [4.78, 5) is 0. The van der Waals surface area contributed by atoms with E-state index in [1.54, 1.807) is 6.20 Å². The molecule has 0 aliphatic rings. The molecule has 0 amide bonds. The van der Waals surface area contributed by atoms with E-state index >= 15 is 0 Å². The molecule has 0 saturated carbocycles. The van der Waals surface area contributed by atoms with Gasteiger partial charge in [-0.15, -0.1) is 0 Å². The van der Waals surface area contributed by atoms with Gasteiger partial charge in [0.05, 0.1) is 17.1 Å². The molecule has 1 aromatic heterocycles. The number of hydrogen-bond donors (Lipinski definition) is 2. The van der Waals surface area contributed by atoms with Crippen LogP contribution in [0, 0.1) is 0 Å². The Morgan fingerprint density at radius 2 is 2.11 bits per heavy atom. The predicted molar refractivity (Wildman–Crippen MR) is 79.0 cm³/mol. The van der Waals surface area contributed by atoms with Crippen LogP contribution in [0.25, 0.3) is 10.9 Å². The SMILES string of the molecule is Nc1ccccc1COc1cc(Br)cc2[nH]ncc12. The number of rotatable bonds is 3. The van der Waals surface area contributed by atoms with Crippen molar-refractivity contribution in [3.63, 3.8) is 0 Å². The van der Waals surface area contributed by atoms with Crippen LogP contribution in [0.15, 0.2) is 47.1 Å². The molecule has 0 fully saturated rings. The summed E-state index contributed by atoms with van der Waals surface area (Å²) in [6.07, 6.45) is 1.76. The Labute approximate surface area is 118 Å². The highest BCUT2D eigenvalue weighted by molar-refractivity contribution is 9.10. The molecule has 0 aliphatic carbocycles. The maximum atomic E-state index is 5.90. The minimum Gasteiger partial charge on any atom is -0.488 e. The first-order valence-corrected chi connectivity index (χ1v) is 6.62. The van der Waals surface area contributed by atoms with Crippen molar-refractivity contribution in [1.82, 2.24) is 10.2 Å². The number of nitrogen functional groups attached to an aromatic ring is 1. The summed E-state index contributed by atoms with van der Waals surface area (Å²) in [5, 5.41) is 7.91. The second-order valence-corrected chi connectivity index (χ2v) is 5.14. The van der Waals surface area contributed by atoms with Gasteiger partial charge in [0.15, 0.2) is 0 Å². The van der Waals surface area contributed by atoms with E-state index in [1.807, 2.05) is 36.4 Å². The van der Waals surface area contributed by atoms with Gasteiger partial charge in [-0.25, -0.2) is 0 Å². The van der Waals surface area contributed by atoms with E-state index in [9.17, 15) is 0 Å². The van der Waals surface area contributed by atoms with Gasteiger partial charge in [0.2, 0.25) is 0 Å². The number of benzene rings is 2. The molecule has 0 unspecified atom stereocenters. The van der Waals surface area contributed by atoms with Gasteiger partial charge in [0, 0.05) is 15.7 Å². The zero-order chi connectivity index (χ0) is 13.2. The van der Waals surface area contributed by atoms with Crippen molar-refractivity contribution in [3.8, 4) is 5.75 Å². The van der Waals surface area contributed by atoms with Crippen molar-refractivity contribution in [2.75, 3.05) is 5.73 Å². The second kappa shape index (κ2) is 4.93. The molecule has 0 radical (unpaired) electrons. The van der Waals surface area contributed by atoms with E-state index < -0.39 is 0 Å². The van der Waals surface area contributed by atoms with E-state index in [4.69, 9.17) is 10.5 Å². The lowest BCUT2D eigenvalue weighted by Crippen LogP contribution is -2.00. The van der Waals surface area contributed by atoms with Gasteiger partial charge in [0.25, 0.3) is 0 Å². The monoisotopic (exact) mass is 317 g/mol. The third-order valence-corrected chi connectivity index (χ3v) is 3.38. The van der Waals surface area contributed by atoms with Crippen LogP contribution in [0.5, 0.6) is 5.75 Å². The van der Waals surface area contributed by atoms with Crippen molar-refractivity contribution in [3.05, 3.63) is 52.6 Å². The Hall–Kier alpha value is -2.01. The van der Waals surface area contributed by atoms with Gasteiger partial charge in [-0.1, -0.05) is 34.1 Å². The molecular weight excluding hydrogens is 306 g/mol. The number of anilines is 1. The van der Waals surface area contributed by atoms with Crippen molar-refractivity contribution >= 4 is 32.5 Å². The van der Waals surface area contributed by atoms with Gasteiger partial charge < -0.3 is 10.5 Å². The number of aromatic nitrogens is 2. The van der Waals surface area contributed by atoms with Crippen molar-refractivity contribution in [1.29, 1.82) is 0 Å². The first-order valence-electron chi connectivity index (χ1n) is 5.83. The van der Waals surface area contributed by atoms with Crippen molar-refractivity contribution in [2.24, 2.45) is 0 Å². The summed E-state index contributed by atoms with van der Waals surface area (Å²) in [7, 11) is 0. The molecule has 96 valence electrons. The molecule has 0 saturated heterocycles. The third-order valence-electron chi connectivity index (χ3n) is 2.92. The molecule has 0 spiro atoms. The maximum absolute atomic E-state index is 5.90. The predicted octanol–water partition coefficient (Wildman–Crippen LogP) is 3.49. The average Bonchev–Trinajstić information content (AvgIpc) is 2.85. The number of ether oxygens (including phenoxy) is 1. The summed E-state index contributed by atoms with van der Waals surface area (Å²) in [5.41, 5.74) is 8.54. The Balaban J connectivity index is 1.90. The molecule has 3 rings (SSSR count). The lowest BCUT2D eigenvalue weighted by atomic mass is 10.2. The number of hydrogen-bond acceptors (Lipinski definition) is 3. The minimum atomic E-state index is 0.434. The summed E-state index contributed by atoms with van der Waals surface area (Å²) in [6, 6.07) is 11.6. The van der Waals surface area contributed by atoms with E-state index in [1.165, 1.54) is 0 Å². The third kappa shape index (κ3) is 2.42. The van der Waals surface area contributed by atoms with Gasteiger partial charge in [-0.05, 0) is 18.2 Å². The molecule has 0 bridgehead atoms. The molecule has 2 aromatic carbocycles. The number of halogens is 1. The Kier molecular flexibility index (Phi) is 3.13. The number of nitrogens with zero attached hydrogens (tertiary/aromatic N) is 1. The largest absolute Gasteiger partial charge is 0.488 e. The van der Waals surface area contributed by atoms with Gasteiger partial charge in [0.1, 0.15) is 12.4 Å². The molecule has 0 aliphatic heterocycles. The van der Waals surface area contributed by atoms with Crippen LogP contribution in [0.1, 0.15) is 5.56 Å². The maximum Gasteiger partial charge on any atom is 0.131 e. The normalized spacial score (nSPS) is 10.8. The lowest BCUT2D eigenvalue weighted by Gasteiger charge is -2.09. The second-order valence-electron chi connectivity index (χ2n) is 4.22. The smallest absolute Gasteiger partial charge is 0.131 e. The summed E-state index contributed by atoms with van der Waals surface area (Å²) < 4.78 is 6.80. The molecule has 3 aromatic rings. The highest BCUT2D eigenvalue weighted by Gasteiger charge is 2.07. The van der Waals surface area contributed by atoms with Crippen LogP contribution in [0.2, 0.25) is 0 Å². The number of para-hydroxylation sites is 1. The summed E-state index contributed by atoms with van der Waals surface area (Å²) in [6.45, 7) is 0.434. The first-order chi connectivity index (χ1) is 9.24. The first kappa shape index (κ1) is 12.0. The topological polar surface area (TPSA) is 63.9 Å². The standard InChI is InChI=1S/C14H12BrN3O/c15-10-5-13-11(7-17-18-13)14(6-10)19-8-9-3-1-2-4-12(9)16/h1-7H,8,16H2,(H,17,18). The Morgan fingerprint density at radius 1 is 1.26 bits per heavy atom. The highest BCUT2D eigenvalue weighted by Crippen LogP contribution is 2.29. The Morgan fingerprint density at radius 3 is 2.95 bits per heavy atom. The summed E-state index contributed by atoms with van der Waals surface area (Å²) >= 11 is 3.46. The van der Waals surface area contributed by atoms with Crippen LogP contribution < -0.4 is 10.5 Å². The fourth-order valence-corrected chi connectivity index (χ4v) is 2.36. The van der Waals surface area contributed by atoms with Crippen LogP contribution in [0.3, 0.4) is 0 Å². The molecular formula is C14H12BrN3O. The Bertz CT molecular complexity index is 724. The van der Waals surface area contributed by atoms with Gasteiger partial charge in [-0.3, -0.25) is 5.10 Å². The number of nitrogens with two attached hydrogens (primary N) is 1. The number of fused-ring (bicyclic) bond motifs is 1. The molecule has 0 atom stereocenters. The molecule has 4 nitrogen and oxygen atoms in total. The van der Waals surface area contributed by atoms with Crippen LogP contribution in [-0.4, -0.2) is 10.2 Å². The zero-order valence-electron chi connectivity index (χ0n) is 10.1. The molecule has 1 heterocycles. The van der Waals surface area contributed by atoms with Crippen molar-refractivity contribution in [2.45, 2.75) is 6.61 Å². The quantitative estimate of drug-likeness (QED) is 0.727. The number of aromatic amines is 1. The molecule has 19 heavy (non-hydrogen) atoms. The fraction of sp³-hybridized carbons (Fsp3) is 0.0714. The van der Waals surface area contributed by atoms with E-state index in [0.29, 0.717) is 6.61 Å². The lowest BCUT2D eigenvalue weighted by molar-refractivity contribution is 0.310. The van der Waals surface area contributed by atoms with Crippen LogP contribution in [-0.2, 0) is 6.61 Å².